The minimum atomic E-state index is -2.34. The third kappa shape index (κ3) is 3.24. The zero-order chi connectivity index (χ0) is 20.7. The molecule has 9 heteroatoms. The Balaban J connectivity index is 2.56. The first-order valence-electron chi connectivity index (χ1n) is 7.65. The van der Waals surface area contributed by atoms with Crippen LogP contribution in [0.1, 0.15) is 28.4 Å². The maximum atomic E-state index is 12.8. The van der Waals surface area contributed by atoms with Crippen LogP contribution in [0.25, 0.3) is 0 Å². The van der Waals surface area contributed by atoms with Gasteiger partial charge in [0.2, 0.25) is 5.60 Å². The summed E-state index contributed by atoms with van der Waals surface area (Å²) in [5, 5.41) is 30.3. The minimum Gasteiger partial charge on any atom is -0.506 e. The van der Waals surface area contributed by atoms with Gasteiger partial charge in [-0.25, -0.2) is 9.59 Å². The number of carbonyl (C=O) groups excluding carboxylic acids is 2. The highest BCUT2D eigenvalue weighted by Gasteiger charge is 2.48. The van der Waals surface area contributed by atoms with Crippen molar-refractivity contribution in [2.45, 2.75) is 26.4 Å². The molecule has 144 valence electrons. The van der Waals surface area contributed by atoms with Crippen LogP contribution in [0.5, 0.6) is 11.5 Å². The van der Waals surface area contributed by atoms with Crippen molar-refractivity contribution in [3.05, 3.63) is 44.6 Å². The smallest absolute Gasteiger partial charge is 0.356 e. The number of halogens is 1. The van der Waals surface area contributed by atoms with Gasteiger partial charge in [0.05, 0.1) is 7.11 Å². The Bertz CT molecular complexity index is 899. The molecule has 2 rings (SSSR count). The van der Waals surface area contributed by atoms with E-state index in [1.165, 1.54) is 27.9 Å². The quantitative estimate of drug-likeness (QED) is 0.479. The molecule has 0 saturated carbocycles. The van der Waals surface area contributed by atoms with Crippen LogP contribution in [0, 0.1) is 13.8 Å². The van der Waals surface area contributed by atoms with Gasteiger partial charge in [0, 0.05) is 6.08 Å². The molecule has 1 aliphatic rings. The van der Waals surface area contributed by atoms with E-state index in [1.807, 2.05) is 0 Å². The normalized spacial score (nSPS) is 19.3. The second-order valence-corrected chi connectivity index (χ2v) is 6.76. The van der Waals surface area contributed by atoms with Crippen LogP contribution in [0.3, 0.4) is 0 Å². The number of aromatic hydroxyl groups is 1. The van der Waals surface area contributed by atoms with E-state index in [0.29, 0.717) is 0 Å². The van der Waals surface area contributed by atoms with E-state index in [2.05, 4.69) is 15.9 Å². The number of hydrogen-bond acceptors (Lipinski definition) is 7. The van der Waals surface area contributed by atoms with Crippen molar-refractivity contribution >= 4 is 33.7 Å². The summed E-state index contributed by atoms with van der Waals surface area (Å²) < 4.78 is 10.1. The van der Waals surface area contributed by atoms with Crippen molar-refractivity contribution in [1.82, 2.24) is 0 Å². The second-order valence-electron chi connectivity index (χ2n) is 5.96. The fraction of sp³-hybridized carbons (Fsp3) is 0.278. The van der Waals surface area contributed by atoms with Gasteiger partial charge in [0.25, 0.3) is 0 Å². The molecule has 0 bridgehead atoms. The monoisotopic (exact) mass is 440 g/mol. The number of esters is 1. The molecule has 0 spiro atoms. The number of carboxylic acids is 1. The Morgan fingerprint density at radius 3 is 2.26 bits per heavy atom. The average molecular weight is 441 g/mol. The molecule has 1 unspecified atom stereocenters. The number of allylic oxidation sites excluding steroid dienone is 2. The van der Waals surface area contributed by atoms with Crippen molar-refractivity contribution in [2.24, 2.45) is 0 Å². The van der Waals surface area contributed by atoms with E-state index in [4.69, 9.17) is 9.47 Å². The largest absolute Gasteiger partial charge is 0.506 e. The molecule has 27 heavy (non-hydrogen) atoms. The number of methoxy groups -OCH3 is 1. The lowest BCUT2D eigenvalue weighted by atomic mass is 9.87. The van der Waals surface area contributed by atoms with Gasteiger partial charge in [-0.3, -0.25) is 4.79 Å². The topological polar surface area (TPSA) is 130 Å². The van der Waals surface area contributed by atoms with Crippen molar-refractivity contribution in [3.8, 4) is 11.5 Å². The summed E-state index contributed by atoms with van der Waals surface area (Å²) in [6, 6.07) is 0. The van der Waals surface area contributed by atoms with Crippen molar-refractivity contribution in [3.63, 3.8) is 0 Å². The van der Waals surface area contributed by atoms with Crippen LogP contribution in [0.15, 0.2) is 28.0 Å². The zero-order valence-corrected chi connectivity index (χ0v) is 16.5. The third-order valence-electron chi connectivity index (χ3n) is 4.41. The van der Waals surface area contributed by atoms with Gasteiger partial charge in [-0.15, -0.1) is 0 Å². The highest BCUT2D eigenvalue weighted by atomic mass is 79.9. The Hall–Kier alpha value is -2.65. The molecule has 1 aromatic rings. The summed E-state index contributed by atoms with van der Waals surface area (Å²) in [6.45, 7) is 4.31. The summed E-state index contributed by atoms with van der Waals surface area (Å²) >= 11 is 3.02. The van der Waals surface area contributed by atoms with E-state index in [9.17, 15) is 29.7 Å². The molecule has 0 amide bonds. The average Bonchev–Trinajstić information content (AvgIpc) is 2.59. The van der Waals surface area contributed by atoms with Crippen LogP contribution in [-0.2, 0) is 14.3 Å². The lowest BCUT2D eigenvalue weighted by Gasteiger charge is -2.30. The van der Waals surface area contributed by atoms with Crippen molar-refractivity contribution in [2.75, 3.05) is 7.11 Å². The predicted molar refractivity (Wildman–Crippen MR) is 96.7 cm³/mol. The fourth-order valence-corrected chi connectivity index (χ4v) is 3.30. The van der Waals surface area contributed by atoms with Crippen molar-refractivity contribution < 1.29 is 39.2 Å². The highest BCUT2D eigenvalue weighted by Crippen LogP contribution is 2.43. The van der Waals surface area contributed by atoms with Gasteiger partial charge < -0.3 is 24.8 Å². The number of rotatable bonds is 4. The van der Waals surface area contributed by atoms with Crippen LogP contribution in [-0.4, -0.2) is 45.8 Å². The molecule has 0 heterocycles. The molecule has 1 aromatic carbocycles. The number of hydrogen-bond donors (Lipinski definition) is 3. The Labute approximate surface area is 162 Å². The van der Waals surface area contributed by atoms with Crippen LogP contribution < -0.4 is 4.74 Å². The summed E-state index contributed by atoms with van der Waals surface area (Å²) in [5.74, 6) is -4.07. The zero-order valence-electron chi connectivity index (χ0n) is 14.9. The number of aromatic carboxylic acids is 1. The summed E-state index contributed by atoms with van der Waals surface area (Å²) in [7, 11) is 1.19. The summed E-state index contributed by atoms with van der Waals surface area (Å²) in [5.41, 5.74) is -2.23. The van der Waals surface area contributed by atoms with Crippen LogP contribution in [0.4, 0.5) is 0 Å². The maximum Gasteiger partial charge on any atom is 0.356 e. The number of benzene rings is 1. The molecule has 0 fully saturated rings. The molecule has 0 aromatic heterocycles. The van der Waals surface area contributed by atoms with Gasteiger partial charge in [-0.1, -0.05) is 0 Å². The van der Waals surface area contributed by atoms with E-state index in [1.54, 1.807) is 0 Å². The van der Waals surface area contributed by atoms with Gasteiger partial charge in [0.15, 0.2) is 11.5 Å². The number of carbonyl (C=O) groups is 3. The van der Waals surface area contributed by atoms with Gasteiger partial charge in [-0.05, 0) is 59.5 Å². The lowest BCUT2D eigenvalue weighted by Crippen LogP contribution is -2.47. The SMILES string of the molecule is COC1=CC(=O)C=C(C)C1(O)C(=O)Oc1c(C)c(C)c(C(=O)O)c(O)c1Br. The first kappa shape index (κ1) is 20.7. The van der Waals surface area contributed by atoms with E-state index in [0.717, 1.165) is 12.2 Å². The number of phenols is 1. The standard InChI is InChI=1S/C18H17BrO8/c1-7-5-10(20)6-11(26-4)18(7,25)17(24)27-15-9(3)8(2)12(16(22)23)14(21)13(15)19/h5-6,21,25H,1-4H3,(H,22,23). The van der Waals surface area contributed by atoms with Crippen LogP contribution in [0.2, 0.25) is 0 Å². The fourth-order valence-electron chi connectivity index (χ4n) is 2.72. The molecular weight excluding hydrogens is 424 g/mol. The molecule has 1 atom stereocenters. The molecule has 1 aliphatic carbocycles. The third-order valence-corrected chi connectivity index (χ3v) is 5.14. The number of carboxylic acid groups (broad SMARTS) is 1. The van der Waals surface area contributed by atoms with E-state index >= 15 is 0 Å². The molecular formula is C18H17BrO8. The van der Waals surface area contributed by atoms with Gasteiger partial charge in [-0.2, -0.15) is 0 Å². The molecule has 0 aliphatic heterocycles. The summed E-state index contributed by atoms with van der Waals surface area (Å²) in [6.07, 6.45) is 2.04. The lowest BCUT2D eigenvalue weighted by molar-refractivity contribution is -0.151. The Morgan fingerprint density at radius 2 is 1.74 bits per heavy atom. The summed E-state index contributed by atoms with van der Waals surface area (Å²) in [4.78, 5) is 35.7. The number of aliphatic hydroxyl groups is 1. The van der Waals surface area contributed by atoms with E-state index in [-0.39, 0.29) is 38.2 Å². The van der Waals surface area contributed by atoms with Crippen LogP contribution >= 0.6 is 15.9 Å². The Kier molecular flexibility index (Phi) is 5.48. The number of ketones is 1. The molecule has 8 nitrogen and oxygen atoms in total. The van der Waals surface area contributed by atoms with Gasteiger partial charge in [0.1, 0.15) is 21.5 Å². The molecule has 0 saturated heterocycles. The first-order valence-corrected chi connectivity index (χ1v) is 8.44. The predicted octanol–water partition coefficient (Wildman–Crippen LogP) is 2.17. The highest BCUT2D eigenvalue weighted by molar-refractivity contribution is 9.10. The molecule has 0 radical (unpaired) electrons. The second kappa shape index (κ2) is 7.16. The minimum absolute atomic E-state index is 0.00581. The molecule has 3 N–H and O–H groups in total. The van der Waals surface area contributed by atoms with E-state index < -0.39 is 29.1 Å². The Morgan fingerprint density at radius 1 is 1.15 bits per heavy atom. The van der Waals surface area contributed by atoms with Crippen molar-refractivity contribution in [1.29, 1.82) is 0 Å². The number of ether oxygens (including phenoxy) is 2. The first-order chi connectivity index (χ1) is 12.5. The van der Waals surface area contributed by atoms with Gasteiger partial charge >= 0.3 is 11.9 Å². The maximum absolute atomic E-state index is 12.8.